The lowest BCUT2D eigenvalue weighted by atomic mass is 10.2. The van der Waals surface area contributed by atoms with Crippen LogP contribution in [0.25, 0.3) is 0 Å². The summed E-state index contributed by atoms with van der Waals surface area (Å²) in [5, 5.41) is 2.83. The molecule has 0 aliphatic carbocycles. The van der Waals surface area contributed by atoms with E-state index < -0.39 is 10.0 Å². The van der Waals surface area contributed by atoms with Crippen molar-refractivity contribution < 1.29 is 13.2 Å². The van der Waals surface area contributed by atoms with Crippen LogP contribution in [0.4, 0.5) is 11.4 Å². The Kier molecular flexibility index (Phi) is 6.01. The van der Waals surface area contributed by atoms with Crippen molar-refractivity contribution in [3.63, 3.8) is 0 Å². The van der Waals surface area contributed by atoms with Crippen LogP contribution < -0.4 is 10.0 Å². The maximum atomic E-state index is 12.3. The van der Waals surface area contributed by atoms with Crippen molar-refractivity contribution in [1.82, 2.24) is 0 Å². The van der Waals surface area contributed by atoms with Gasteiger partial charge in [-0.25, -0.2) is 8.42 Å². The van der Waals surface area contributed by atoms with E-state index >= 15 is 0 Å². The van der Waals surface area contributed by atoms with Crippen LogP contribution in [0.2, 0.25) is 0 Å². The number of aryl methyl sites for hydroxylation is 2. The van der Waals surface area contributed by atoms with Crippen molar-refractivity contribution in [3.05, 3.63) is 45.6 Å². The minimum atomic E-state index is -3.30. The Bertz CT molecular complexity index is 809. The van der Waals surface area contributed by atoms with Gasteiger partial charge in [-0.3, -0.25) is 9.52 Å². The molecule has 130 valence electrons. The highest BCUT2D eigenvalue weighted by Crippen LogP contribution is 2.24. The normalized spacial score (nSPS) is 11.3. The van der Waals surface area contributed by atoms with Crippen LogP contribution in [0.5, 0.6) is 0 Å². The predicted octanol–water partition coefficient (Wildman–Crippen LogP) is 4.02. The van der Waals surface area contributed by atoms with Crippen LogP contribution in [-0.2, 0) is 16.4 Å². The number of hydrogen-bond donors (Lipinski definition) is 2. The zero-order valence-corrected chi connectivity index (χ0v) is 15.7. The third-order valence-electron chi connectivity index (χ3n) is 3.45. The van der Waals surface area contributed by atoms with E-state index in [1.54, 1.807) is 24.3 Å². The van der Waals surface area contributed by atoms with E-state index in [9.17, 15) is 13.2 Å². The van der Waals surface area contributed by atoms with Crippen molar-refractivity contribution in [2.24, 2.45) is 0 Å². The molecule has 1 aromatic carbocycles. The lowest BCUT2D eigenvalue weighted by Crippen LogP contribution is -2.16. The molecule has 1 amide bonds. The molecule has 0 aliphatic rings. The number of benzene rings is 1. The first-order valence-corrected chi connectivity index (χ1v) is 10.3. The molecule has 0 fully saturated rings. The molecule has 2 aromatic rings. The van der Waals surface area contributed by atoms with E-state index in [1.165, 1.54) is 16.2 Å². The summed E-state index contributed by atoms with van der Waals surface area (Å²) in [7, 11) is -3.30. The Morgan fingerprint density at radius 3 is 2.29 bits per heavy atom. The lowest BCUT2D eigenvalue weighted by molar-refractivity contribution is 0.103. The van der Waals surface area contributed by atoms with Crippen molar-refractivity contribution in [1.29, 1.82) is 0 Å². The summed E-state index contributed by atoms with van der Waals surface area (Å²) >= 11 is 1.50. The van der Waals surface area contributed by atoms with Gasteiger partial charge in [0.25, 0.3) is 5.91 Å². The second-order valence-electron chi connectivity index (χ2n) is 5.52. The summed E-state index contributed by atoms with van der Waals surface area (Å²) in [5.74, 6) is -0.0645. The van der Waals surface area contributed by atoms with Crippen molar-refractivity contribution >= 4 is 38.6 Å². The van der Waals surface area contributed by atoms with Gasteiger partial charge in [-0.2, -0.15) is 0 Å². The molecular weight excluding hydrogens is 344 g/mol. The standard InChI is InChI=1S/C17H22N2O3S2/c1-4-10-24(21,22)19-14-8-6-13(7-9-14)18-17(20)16-11-12(3)15(5-2)23-16/h6-9,11,19H,4-5,10H2,1-3H3,(H,18,20). The summed E-state index contributed by atoms with van der Waals surface area (Å²) in [5.41, 5.74) is 2.25. The Hall–Kier alpha value is -1.86. The zero-order chi connectivity index (χ0) is 17.7. The maximum Gasteiger partial charge on any atom is 0.265 e. The van der Waals surface area contributed by atoms with Gasteiger partial charge >= 0.3 is 0 Å². The van der Waals surface area contributed by atoms with Gasteiger partial charge in [0.15, 0.2) is 0 Å². The minimum absolute atomic E-state index is 0.0863. The molecule has 5 nitrogen and oxygen atoms in total. The molecule has 0 atom stereocenters. The Morgan fingerprint density at radius 2 is 1.75 bits per heavy atom. The fourth-order valence-corrected chi connectivity index (χ4v) is 4.44. The monoisotopic (exact) mass is 366 g/mol. The zero-order valence-electron chi connectivity index (χ0n) is 14.0. The average Bonchev–Trinajstić information content (AvgIpc) is 2.90. The van der Waals surface area contributed by atoms with Crippen LogP contribution >= 0.6 is 11.3 Å². The van der Waals surface area contributed by atoms with Crippen LogP contribution in [0.15, 0.2) is 30.3 Å². The van der Waals surface area contributed by atoms with Crippen molar-refractivity contribution in [2.75, 3.05) is 15.8 Å². The number of anilines is 2. The van der Waals surface area contributed by atoms with Gasteiger partial charge in [0, 0.05) is 16.3 Å². The molecule has 0 bridgehead atoms. The molecule has 24 heavy (non-hydrogen) atoms. The van der Waals surface area contributed by atoms with Gasteiger partial charge in [0.05, 0.1) is 10.6 Å². The third-order valence-corrected chi connectivity index (χ3v) is 6.33. The van der Waals surface area contributed by atoms with E-state index in [4.69, 9.17) is 0 Å². The first kappa shape index (κ1) is 18.5. The Morgan fingerprint density at radius 1 is 1.12 bits per heavy atom. The molecule has 0 unspecified atom stereocenters. The predicted molar refractivity (Wildman–Crippen MR) is 101 cm³/mol. The largest absolute Gasteiger partial charge is 0.321 e. The molecule has 0 spiro atoms. The highest BCUT2D eigenvalue weighted by Gasteiger charge is 2.12. The van der Waals surface area contributed by atoms with Crippen LogP contribution in [-0.4, -0.2) is 20.1 Å². The molecule has 0 saturated heterocycles. The average molecular weight is 367 g/mol. The van der Waals surface area contributed by atoms with Gasteiger partial charge in [-0.05, 0) is 55.7 Å². The number of carbonyl (C=O) groups is 1. The number of carbonyl (C=O) groups excluding carboxylic acids is 1. The van der Waals surface area contributed by atoms with Crippen molar-refractivity contribution in [3.8, 4) is 0 Å². The molecule has 2 N–H and O–H groups in total. The smallest absolute Gasteiger partial charge is 0.265 e. The number of hydrogen-bond acceptors (Lipinski definition) is 4. The highest BCUT2D eigenvalue weighted by molar-refractivity contribution is 7.92. The molecule has 1 aromatic heterocycles. The summed E-state index contributed by atoms with van der Waals surface area (Å²) in [4.78, 5) is 14.2. The second kappa shape index (κ2) is 7.81. The van der Waals surface area contributed by atoms with E-state index in [-0.39, 0.29) is 11.7 Å². The number of nitrogens with one attached hydrogen (secondary N) is 2. The second-order valence-corrected chi connectivity index (χ2v) is 8.50. The molecule has 0 radical (unpaired) electrons. The Balaban J connectivity index is 2.04. The summed E-state index contributed by atoms with van der Waals surface area (Å²) < 4.78 is 26.0. The van der Waals surface area contributed by atoms with Crippen LogP contribution in [0.3, 0.4) is 0 Å². The lowest BCUT2D eigenvalue weighted by Gasteiger charge is -2.08. The summed E-state index contributed by atoms with van der Waals surface area (Å²) in [6.07, 6.45) is 1.47. The van der Waals surface area contributed by atoms with Gasteiger partial charge in [-0.1, -0.05) is 13.8 Å². The van der Waals surface area contributed by atoms with Crippen molar-refractivity contribution in [2.45, 2.75) is 33.6 Å². The fourth-order valence-electron chi connectivity index (χ4n) is 2.30. The molecule has 7 heteroatoms. The molecular formula is C17H22N2O3S2. The topological polar surface area (TPSA) is 75.3 Å². The highest BCUT2D eigenvalue weighted by atomic mass is 32.2. The Labute approximate surface area is 147 Å². The molecule has 0 aliphatic heterocycles. The molecule has 1 heterocycles. The van der Waals surface area contributed by atoms with E-state index in [1.807, 2.05) is 19.9 Å². The third kappa shape index (κ3) is 4.82. The van der Waals surface area contributed by atoms with Gasteiger partial charge < -0.3 is 5.32 Å². The first-order valence-electron chi connectivity index (χ1n) is 7.85. The summed E-state index contributed by atoms with van der Waals surface area (Å²) in [6, 6.07) is 8.54. The molecule has 2 rings (SSSR count). The number of rotatable bonds is 7. The van der Waals surface area contributed by atoms with E-state index in [0.717, 1.165) is 12.0 Å². The minimum Gasteiger partial charge on any atom is -0.321 e. The molecule has 0 saturated carbocycles. The number of sulfonamides is 1. The first-order chi connectivity index (χ1) is 11.3. The van der Waals surface area contributed by atoms with Crippen LogP contribution in [0.1, 0.15) is 40.4 Å². The van der Waals surface area contributed by atoms with Crippen LogP contribution in [0, 0.1) is 6.92 Å². The number of amides is 1. The SMILES string of the molecule is CCCS(=O)(=O)Nc1ccc(NC(=O)c2cc(C)c(CC)s2)cc1. The van der Waals surface area contributed by atoms with Gasteiger partial charge in [-0.15, -0.1) is 11.3 Å². The summed E-state index contributed by atoms with van der Waals surface area (Å²) in [6.45, 7) is 5.89. The van der Waals surface area contributed by atoms with Gasteiger partial charge in [0.2, 0.25) is 10.0 Å². The quantitative estimate of drug-likeness (QED) is 0.777. The van der Waals surface area contributed by atoms with E-state index in [0.29, 0.717) is 22.7 Å². The fraction of sp³-hybridized carbons (Fsp3) is 0.353. The number of thiophene rings is 1. The van der Waals surface area contributed by atoms with E-state index in [2.05, 4.69) is 17.0 Å². The van der Waals surface area contributed by atoms with Gasteiger partial charge in [0.1, 0.15) is 0 Å². The maximum absolute atomic E-state index is 12.3.